The molecule has 0 aromatic rings. The van der Waals surface area contributed by atoms with E-state index in [0.29, 0.717) is 0 Å². The lowest BCUT2D eigenvalue weighted by Crippen LogP contribution is -2.36. The summed E-state index contributed by atoms with van der Waals surface area (Å²) in [6, 6.07) is 4.39. The zero-order valence-electron chi connectivity index (χ0n) is 8.47. The van der Waals surface area contributed by atoms with Gasteiger partial charge in [-0.1, -0.05) is 20.8 Å². The third kappa shape index (κ3) is 1.59. The highest BCUT2D eigenvalue weighted by Crippen LogP contribution is 2.43. The molecule has 0 rings (SSSR count). The van der Waals surface area contributed by atoms with Gasteiger partial charge < -0.3 is 0 Å². The van der Waals surface area contributed by atoms with Crippen LogP contribution in [0.15, 0.2) is 0 Å². The molecule has 2 unspecified atom stereocenters. The van der Waals surface area contributed by atoms with E-state index in [1.165, 1.54) is 0 Å². The van der Waals surface area contributed by atoms with Gasteiger partial charge in [0.05, 0.1) is 23.5 Å². The molecule has 0 aromatic heterocycles. The Kier molecular flexibility index (Phi) is 2.88. The largest absolute Gasteiger partial charge is 0.198 e. The first kappa shape index (κ1) is 11.0. The Morgan fingerprint density at radius 3 is 1.58 bits per heavy atom. The van der Waals surface area contributed by atoms with Crippen LogP contribution in [0.4, 0.5) is 0 Å². The third-order valence-electron chi connectivity index (χ3n) is 2.85. The maximum Gasteiger partial charge on any atom is 0.0749 e. The number of rotatable bonds is 1. The second-order valence-electron chi connectivity index (χ2n) is 4.41. The maximum absolute atomic E-state index is 9.02. The van der Waals surface area contributed by atoms with Crippen LogP contribution in [0.3, 0.4) is 0 Å². The second-order valence-corrected chi connectivity index (χ2v) is 4.41. The van der Waals surface area contributed by atoms with Crippen LogP contribution in [0, 0.1) is 39.4 Å². The van der Waals surface area contributed by atoms with Crippen molar-refractivity contribution in [1.82, 2.24) is 0 Å². The van der Waals surface area contributed by atoms with Gasteiger partial charge in [-0.3, -0.25) is 0 Å². The van der Waals surface area contributed by atoms with Crippen LogP contribution >= 0.6 is 0 Å². The highest BCUT2D eigenvalue weighted by Gasteiger charge is 2.42. The molecule has 66 valence electrons. The quantitative estimate of drug-likeness (QED) is 0.598. The smallest absolute Gasteiger partial charge is 0.0749 e. The maximum atomic E-state index is 9.02. The summed E-state index contributed by atoms with van der Waals surface area (Å²) in [5.41, 5.74) is -0.724. The van der Waals surface area contributed by atoms with Crippen molar-refractivity contribution in [2.75, 3.05) is 0 Å². The predicted molar refractivity (Wildman–Crippen MR) is 48.0 cm³/mol. The molecule has 0 N–H and O–H groups in total. The summed E-state index contributed by atoms with van der Waals surface area (Å²) in [5.74, 6) is -0.234. The van der Waals surface area contributed by atoms with E-state index in [9.17, 15) is 0 Å². The molecule has 0 aliphatic carbocycles. The van der Waals surface area contributed by atoms with Crippen LogP contribution in [0.2, 0.25) is 0 Å². The van der Waals surface area contributed by atoms with E-state index >= 15 is 0 Å². The van der Waals surface area contributed by atoms with E-state index in [-0.39, 0.29) is 11.3 Å². The third-order valence-corrected chi connectivity index (χ3v) is 2.85. The van der Waals surface area contributed by atoms with Crippen molar-refractivity contribution in [1.29, 1.82) is 10.5 Å². The standard InChI is InChI=1S/C10H16N2/c1-8(6-11)10(5,7-12)9(2,3)4/h8H,1-5H3. The molecule has 0 spiro atoms. The molecule has 2 atom stereocenters. The van der Waals surface area contributed by atoms with Crippen molar-refractivity contribution < 1.29 is 0 Å². The van der Waals surface area contributed by atoms with Crippen molar-refractivity contribution in [3.8, 4) is 12.1 Å². The molecule has 0 amide bonds. The Labute approximate surface area is 74.8 Å². The molecule has 0 aliphatic rings. The van der Waals surface area contributed by atoms with E-state index in [2.05, 4.69) is 12.1 Å². The fraction of sp³-hybridized carbons (Fsp3) is 0.800. The number of hydrogen-bond acceptors (Lipinski definition) is 2. The molecule has 0 heterocycles. The van der Waals surface area contributed by atoms with Gasteiger partial charge in [-0.15, -0.1) is 0 Å². The lowest BCUT2D eigenvalue weighted by molar-refractivity contribution is 0.135. The Hall–Kier alpha value is -1.02. The fourth-order valence-corrected chi connectivity index (χ4v) is 1.04. The lowest BCUT2D eigenvalue weighted by Gasteiger charge is -2.37. The van der Waals surface area contributed by atoms with Crippen molar-refractivity contribution in [3.63, 3.8) is 0 Å². The molecule has 2 heteroatoms. The molecule has 0 saturated carbocycles. The molecule has 0 aromatic carbocycles. The molecule has 0 aliphatic heterocycles. The van der Waals surface area contributed by atoms with Gasteiger partial charge in [-0.25, -0.2) is 0 Å². The van der Waals surface area contributed by atoms with Gasteiger partial charge in [0.2, 0.25) is 0 Å². The summed E-state index contributed by atoms with van der Waals surface area (Å²) in [7, 11) is 0. The fourth-order valence-electron chi connectivity index (χ4n) is 1.04. The van der Waals surface area contributed by atoms with Gasteiger partial charge in [0, 0.05) is 0 Å². The summed E-state index contributed by atoms with van der Waals surface area (Å²) in [4.78, 5) is 0. The SMILES string of the molecule is CC(C#N)C(C)(C#N)C(C)(C)C. The average Bonchev–Trinajstić information content (AvgIpc) is 1.99. The van der Waals surface area contributed by atoms with Crippen LogP contribution < -0.4 is 0 Å². The topological polar surface area (TPSA) is 47.6 Å². The second kappa shape index (κ2) is 3.15. The van der Waals surface area contributed by atoms with Gasteiger partial charge in [0.1, 0.15) is 0 Å². The number of nitriles is 2. The van der Waals surface area contributed by atoms with Crippen LogP contribution in [0.25, 0.3) is 0 Å². The molecule has 0 saturated heterocycles. The van der Waals surface area contributed by atoms with Crippen molar-refractivity contribution >= 4 is 0 Å². The summed E-state index contributed by atoms with van der Waals surface area (Å²) in [6.07, 6.45) is 0. The normalized spacial score (nSPS) is 18.6. The van der Waals surface area contributed by atoms with E-state index in [1.807, 2.05) is 27.7 Å². The van der Waals surface area contributed by atoms with Gasteiger partial charge >= 0.3 is 0 Å². The van der Waals surface area contributed by atoms with Gasteiger partial charge in [0.15, 0.2) is 0 Å². The summed E-state index contributed by atoms with van der Waals surface area (Å²) >= 11 is 0. The predicted octanol–water partition coefficient (Wildman–Crippen LogP) is 2.72. The van der Waals surface area contributed by atoms with E-state index < -0.39 is 5.41 Å². The van der Waals surface area contributed by atoms with Crippen molar-refractivity contribution in [2.45, 2.75) is 34.6 Å². The van der Waals surface area contributed by atoms with Crippen LogP contribution in [0.1, 0.15) is 34.6 Å². The summed E-state index contributed by atoms with van der Waals surface area (Å²) in [6.45, 7) is 9.62. The Morgan fingerprint density at radius 2 is 1.50 bits per heavy atom. The Balaban J connectivity index is 5.01. The summed E-state index contributed by atoms with van der Waals surface area (Å²) in [5, 5.41) is 17.8. The highest BCUT2D eigenvalue weighted by atomic mass is 14.5. The highest BCUT2D eigenvalue weighted by molar-refractivity contribution is 5.11. The van der Waals surface area contributed by atoms with Gasteiger partial charge in [-0.2, -0.15) is 10.5 Å². The minimum Gasteiger partial charge on any atom is -0.198 e. The van der Waals surface area contributed by atoms with Crippen LogP contribution in [-0.4, -0.2) is 0 Å². The van der Waals surface area contributed by atoms with Crippen LogP contribution in [-0.2, 0) is 0 Å². The molecule has 12 heavy (non-hydrogen) atoms. The lowest BCUT2D eigenvalue weighted by atomic mass is 9.63. The minimum atomic E-state index is -0.568. The zero-order chi connectivity index (χ0) is 9.99. The molecular weight excluding hydrogens is 148 g/mol. The van der Waals surface area contributed by atoms with Crippen molar-refractivity contribution in [2.24, 2.45) is 16.7 Å². The average molecular weight is 164 g/mol. The first-order chi connectivity index (χ1) is 5.29. The molecule has 0 fully saturated rings. The number of nitrogens with zero attached hydrogens (tertiary/aromatic N) is 2. The molecular formula is C10H16N2. The monoisotopic (exact) mass is 164 g/mol. The first-order valence-electron chi connectivity index (χ1n) is 4.10. The van der Waals surface area contributed by atoms with Gasteiger partial charge in [0.25, 0.3) is 0 Å². The Morgan fingerprint density at radius 1 is 1.08 bits per heavy atom. The van der Waals surface area contributed by atoms with E-state index in [1.54, 1.807) is 6.92 Å². The first-order valence-corrected chi connectivity index (χ1v) is 4.10. The molecule has 0 bridgehead atoms. The van der Waals surface area contributed by atoms with Crippen LogP contribution in [0.5, 0.6) is 0 Å². The minimum absolute atomic E-state index is 0.156. The van der Waals surface area contributed by atoms with E-state index in [4.69, 9.17) is 10.5 Å². The zero-order valence-corrected chi connectivity index (χ0v) is 8.47. The van der Waals surface area contributed by atoms with Crippen molar-refractivity contribution in [3.05, 3.63) is 0 Å². The van der Waals surface area contributed by atoms with Gasteiger partial charge in [-0.05, 0) is 19.3 Å². The molecule has 2 nitrogen and oxygen atoms in total. The Bertz CT molecular complexity index is 236. The number of hydrogen-bond donors (Lipinski definition) is 0. The summed E-state index contributed by atoms with van der Waals surface area (Å²) < 4.78 is 0. The molecule has 0 radical (unpaired) electrons. The van der Waals surface area contributed by atoms with E-state index in [0.717, 1.165) is 0 Å².